The highest BCUT2D eigenvalue weighted by molar-refractivity contribution is 6.16. The lowest BCUT2D eigenvalue weighted by atomic mass is 9.99. The molecule has 0 atom stereocenters. The number of hydrogen-bond donors (Lipinski definition) is 0. The van der Waals surface area contributed by atoms with Crippen molar-refractivity contribution in [1.29, 1.82) is 0 Å². The largest absolute Gasteiger partial charge is 0.288 e. The van der Waals surface area contributed by atoms with E-state index in [4.69, 9.17) is 0 Å². The van der Waals surface area contributed by atoms with Crippen LogP contribution < -0.4 is 0 Å². The van der Waals surface area contributed by atoms with Gasteiger partial charge in [0.25, 0.3) is 0 Å². The van der Waals surface area contributed by atoms with E-state index in [0.717, 1.165) is 22.9 Å². The van der Waals surface area contributed by atoms with Crippen molar-refractivity contribution in [2.75, 3.05) is 0 Å². The summed E-state index contributed by atoms with van der Waals surface area (Å²) in [7, 11) is 0. The maximum absolute atomic E-state index is 12.5. The van der Waals surface area contributed by atoms with Gasteiger partial charge < -0.3 is 0 Å². The number of carbonyl (C=O) groups is 1. The topological polar surface area (TPSA) is 34.9 Å². The molecule has 0 N–H and O–H groups in total. The number of aromatic nitrogens is 2. The van der Waals surface area contributed by atoms with E-state index in [9.17, 15) is 4.79 Å². The van der Waals surface area contributed by atoms with Crippen molar-refractivity contribution < 1.29 is 4.79 Å². The second-order valence-corrected chi connectivity index (χ2v) is 4.44. The Kier molecular flexibility index (Phi) is 2.88. The van der Waals surface area contributed by atoms with Crippen LogP contribution in [0.5, 0.6) is 0 Å². The molecule has 3 heteroatoms. The second-order valence-electron chi connectivity index (χ2n) is 4.44. The Morgan fingerprint density at radius 1 is 1.16 bits per heavy atom. The molecule has 0 spiro atoms. The average molecular weight is 250 g/mol. The quantitative estimate of drug-likeness (QED) is 0.668. The van der Waals surface area contributed by atoms with E-state index in [1.807, 2.05) is 49.4 Å². The third-order valence-electron chi connectivity index (χ3n) is 3.25. The smallest absolute Gasteiger partial charge is 0.196 e. The third kappa shape index (κ3) is 2.03. The molecular weight excluding hydrogens is 236 g/mol. The number of carbonyl (C=O) groups excluding carboxylic acids is 1. The predicted octanol–water partition coefficient (Wildman–Crippen LogP) is 3.29. The molecule has 94 valence electrons. The fourth-order valence-electron chi connectivity index (χ4n) is 2.23. The summed E-state index contributed by atoms with van der Waals surface area (Å²) in [5, 5.41) is 6.22. The fraction of sp³-hybridized carbons (Fsp3) is 0.125. The number of nitrogens with zero attached hydrogens (tertiary/aromatic N) is 2. The Bertz CT molecular complexity index is 738. The first-order chi connectivity index (χ1) is 9.29. The van der Waals surface area contributed by atoms with E-state index in [1.54, 1.807) is 17.1 Å². The first-order valence-corrected chi connectivity index (χ1v) is 6.34. The van der Waals surface area contributed by atoms with Crippen molar-refractivity contribution in [2.45, 2.75) is 13.5 Å². The highest BCUT2D eigenvalue weighted by Gasteiger charge is 2.13. The predicted molar refractivity (Wildman–Crippen MR) is 75.3 cm³/mol. The highest BCUT2D eigenvalue weighted by Crippen LogP contribution is 2.21. The van der Waals surface area contributed by atoms with Crippen molar-refractivity contribution in [3.8, 4) is 0 Å². The molecule has 19 heavy (non-hydrogen) atoms. The lowest BCUT2D eigenvalue weighted by Crippen LogP contribution is -2.01. The standard InChI is InChI=1S/C16H14N2O/c1-2-18-11-13(10-17-18)16(19)15-9-5-7-12-6-3-4-8-14(12)15/h3-11H,2H2,1H3. The number of benzene rings is 2. The maximum atomic E-state index is 12.5. The van der Waals surface area contributed by atoms with Gasteiger partial charge in [0.15, 0.2) is 5.78 Å². The molecular formula is C16H14N2O. The van der Waals surface area contributed by atoms with Gasteiger partial charge in [0.2, 0.25) is 0 Å². The minimum Gasteiger partial charge on any atom is -0.288 e. The molecule has 1 heterocycles. The fourth-order valence-corrected chi connectivity index (χ4v) is 2.23. The van der Waals surface area contributed by atoms with E-state index in [1.165, 1.54) is 0 Å². The highest BCUT2D eigenvalue weighted by atomic mass is 16.1. The summed E-state index contributed by atoms with van der Waals surface area (Å²) in [5.74, 6) is 0.0245. The number of aryl methyl sites for hydroxylation is 1. The molecule has 2 aromatic carbocycles. The SMILES string of the molecule is CCn1cc(C(=O)c2cccc3ccccc23)cn1. The van der Waals surface area contributed by atoms with Crippen molar-refractivity contribution >= 4 is 16.6 Å². The molecule has 0 aliphatic carbocycles. The van der Waals surface area contributed by atoms with Crippen LogP contribution in [0.15, 0.2) is 54.9 Å². The van der Waals surface area contributed by atoms with Gasteiger partial charge in [-0.1, -0.05) is 42.5 Å². The zero-order valence-corrected chi connectivity index (χ0v) is 10.7. The van der Waals surface area contributed by atoms with Crippen LogP contribution >= 0.6 is 0 Å². The molecule has 0 saturated carbocycles. The Morgan fingerprint density at radius 3 is 2.74 bits per heavy atom. The van der Waals surface area contributed by atoms with E-state index < -0.39 is 0 Å². The number of ketones is 1. The zero-order valence-electron chi connectivity index (χ0n) is 10.7. The van der Waals surface area contributed by atoms with Crippen molar-refractivity contribution in [2.24, 2.45) is 0 Å². The minimum absolute atomic E-state index is 0.0245. The number of rotatable bonds is 3. The molecule has 0 radical (unpaired) electrons. The number of hydrogen-bond acceptors (Lipinski definition) is 2. The molecule has 3 nitrogen and oxygen atoms in total. The van der Waals surface area contributed by atoms with Crippen molar-refractivity contribution in [3.05, 3.63) is 66.0 Å². The second kappa shape index (κ2) is 4.69. The normalized spacial score (nSPS) is 10.8. The third-order valence-corrected chi connectivity index (χ3v) is 3.25. The van der Waals surface area contributed by atoms with Gasteiger partial charge >= 0.3 is 0 Å². The molecule has 0 saturated heterocycles. The Labute approximate surface area is 111 Å². The minimum atomic E-state index is 0.0245. The molecule has 0 unspecified atom stereocenters. The molecule has 0 aliphatic heterocycles. The Balaban J connectivity index is 2.11. The summed E-state index contributed by atoms with van der Waals surface area (Å²) < 4.78 is 1.76. The first kappa shape index (κ1) is 11.7. The molecule has 0 fully saturated rings. The Morgan fingerprint density at radius 2 is 1.95 bits per heavy atom. The van der Waals surface area contributed by atoms with Crippen LogP contribution in [0.25, 0.3) is 10.8 Å². The van der Waals surface area contributed by atoms with Gasteiger partial charge in [0.05, 0.1) is 11.8 Å². The van der Waals surface area contributed by atoms with Gasteiger partial charge in [-0.3, -0.25) is 9.48 Å². The van der Waals surface area contributed by atoms with Gasteiger partial charge in [-0.15, -0.1) is 0 Å². The molecule has 3 rings (SSSR count). The van der Waals surface area contributed by atoms with Crippen LogP contribution in [0.3, 0.4) is 0 Å². The van der Waals surface area contributed by atoms with E-state index in [-0.39, 0.29) is 5.78 Å². The Hall–Kier alpha value is -2.42. The van der Waals surface area contributed by atoms with Crippen LogP contribution in [0.1, 0.15) is 22.8 Å². The monoisotopic (exact) mass is 250 g/mol. The van der Waals surface area contributed by atoms with Crippen LogP contribution in [0, 0.1) is 0 Å². The average Bonchev–Trinajstić information content (AvgIpc) is 2.95. The van der Waals surface area contributed by atoms with Gasteiger partial charge in [0, 0.05) is 18.3 Å². The lowest BCUT2D eigenvalue weighted by Gasteiger charge is -2.04. The molecule has 3 aromatic rings. The van der Waals surface area contributed by atoms with E-state index in [0.29, 0.717) is 5.56 Å². The summed E-state index contributed by atoms with van der Waals surface area (Å²) in [6.07, 6.45) is 3.43. The van der Waals surface area contributed by atoms with Gasteiger partial charge in [0.1, 0.15) is 0 Å². The molecule has 0 aliphatic rings. The summed E-state index contributed by atoms with van der Waals surface area (Å²) in [4.78, 5) is 12.5. The summed E-state index contributed by atoms with van der Waals surface area (Å²) >= 11 is 0. The first-order valence-electron chi connectivity index (χ1n) is 6.34. The number of fused-ring (bicyclic) bond motifs is 1. The van der Waals surface area contributed by atoms with Crippen LogP contribution in [-0.4, -0.2) is 15.6 Å². The molecule has 0 bridgehead atoms. The summed E-state index contributed by atoms with van der Waals surface area (Å²) in [6.45, 7) is 2.77. The van der Waals surface area contributed by atoms with Gasteiger partial charge in [-0.25, -0.2) is 0 Å². The maximum Gasteiger partial charge on any atom is 0.196 e. The van der Waals surface area contributed by atoms with Gasteiger partial charge in [-0.05, 0) is 17.7 Å². The van der Waals surface area contributed by atoms with Crippen molar-refractivity contribution in [1.82, 2.24) is 9.78 Å². The lowest BCUT2D eigenvalue weighted by molar-refractivity contribution is 0.104. The van der Waals surface area contributed by atoms with Gasteiger partial charge in [-0.2, -0.15) is 5.10 Å². The van der Waals surface area contributed by atoms with E-state index >= 15 is 0 Å². The van der Waals surface area contributed by atoms with Crippen molar-refractivity contribution in [3.63, 3.8) is 0 Å². The summed E-state index contributed by atoms with van der Waals surface area (Å²) in [6, 6.07) is 13.7. The molecule has 1 aromatic heterocycles. The zero-order chi connectivity index (χ0) is 13.2. The van der Waals surface area contributed by atoms with Crippen LogP contribution in [0.2, 0.25) is 0 Å². The van der Waals surface area contributed by atoms with E-state index in [2.05, 4.69) is 5.10 Å². The molecule has 0 amide bonds. The van der Waals surface area contributed by atoms with Crippen LogP contribution in [0.4, 0.5) is 0 Å². The summed E-state index contributed by atoms with van der Waals surface area (Å²) in [5.41, 5.74) is 1.37. The van der Waals surface area contributed by atoms with Crippen LogP contribution in [-0.2, 0) is 6.54 Å².